The van der Waals surface area contributed by atoms with Crippen LogP contribution in [-0.4, -0.2) is 34.5 Å². The first-order valence-corrected chi connectivity index (χ1v) is 9.81. The van der Waals surface area contributed by atoms with Gasteiger partial charge in [-0.2, -0.15) is 0 Å². The number of rotatable bonds is 6. The second-order valence-corrected chi connectivity index (χ2v) is 6.78. The highest BCUT2D eigenvalue weighted by atomic mass is 16.2. The smallest absolute Gasteiger partial charge is 0.265 e. The fourth-order valence-electron chi connectivity index (χ4n) is 3.09. The van der Waals surface area contributed by atoms with Gasteiger partial charge < -0.3 is 10.6 Å². The maximum atomic E-state index is 13.2. The number of hydrogen-bond donors (Lipinski definition) is 2. The topological polar surface area (TPSA) is 93.1 Å². The lowest BCUT2D eigenvalue weighted by atomic mass is 10.1. The van der Waals surface area contributed by atoms with Crippen molar-refractivity contribution in [1.29, 1.82) is 0 Å². The molecule has 0 spiro atoms. The molecule has 0 aliphatic heterocycles. The predicted molar refractivity (Wildman–Crippen MR) is 118 cm³/mol. The Morgan fingerprint density at radius 1 is 1.07 bits per heavy atom. The van der Waals surface area contributed by atoms with Crippen LogP contribution in [0, 0.1) is 6.92 Å². The Kier molecular flexibility index (Phi) is 6.41. The molecule has 0 saturated carbocycles. The molecule has 7 heteroatoms. The van der Waals surface area contributed by atoms with E-state index in [1.807, 2.05) is 26.8 Å². The largest absolute Gasteiger partial charge is 0.353 e. The van der Waals surface area contributed by atoms with Crippen molar-refractivity contribution < 1.29 is 9.59 Å². The minimum absolute atomic E-state index is 0.195. The van der Waals surface area contributed by atoms with Crippen molar-refractivity contribution in [2.75, 3.05) is 13.1 Å². The summed E-state index contributed by atoms with van der Waals surface area (Å²) in [4.78, 5) is 41.4. The summed E-state index contributed by atoms with van der Waals surface area (Å²) in [7, 11) is 0. The standard InChI is InChI=1S/C23H24N4O3/c1-4-24-21(28)11-8-16-7-10-19-18(12-16)23(30)27(14-26-19)20-13-17(9-6-15(20)3)22(29)25-5-2/h6-14H,4-5H2,1-3H3,(H,24,28)(H,25,29). The number of nitrogens with zero attached hydrogens (tertiary/aromatic N) is 2. The van der Waals surface area contributed by atoms with Gasteiger partial charge in [0.05, 0.1) is 16.6 Å². The summed E-state index contributed by atoms with van der Waals surface area (Å²) >= 11 is 0. The van der Waals surface area contributed by atoms with Crippen LogP contribution in [0.3, 0.4) is 0 Å². The molecule has 3 rings (SSSR count). The van der Waals surface area contributed by atoms with Gasteiger partial charge in [0.2, 0.25) is 5.91 Å². The van der Waals surface area contributed by atoms with Gasteiger partial charge in [-0.25, -0.2) is 4.98 Å². The Labute approximate surface area is 174 Å². The lowest BCUT2D eigenvalue weighted by Crippen LogP contribution is -2.24. The molecular formula is C23H24N4O3. The molecular weight excluding hydrogens is 380 g/mol. The quantitative estimate of drug-likeness (QED) is 0.618. The average Bonchev–Trinajstić information content (AvgIpc) is 2.74. The van der Waals surface area contributed by atoms with E-state index in [0.717, 1.165) is 11.1 Å². The Balaban J connectivity index is 2.07. The molecule has 2 aromatic carbocycles. The number of amides is 2. The van der Waals surface area contributed by atoms with Gasteiger partial charge in [-0.3, -0.25) is 19.0 Å². The molecule has 1 heterocycles. The van der Waals surface area contributed by atoms with E-state index in [1.54, 1.807) is 36.4 Å². The van der Waals surface area contributed by atoms with Gasteiger partial charge in [0.15, 0.2) is 0 Å². The highest BCUT2D eigenvalue weighted by molar-refractivity contribution is 5.95. The van der Waals surface area contributed by atoms with Gasteiger partial charge in [0, 0.05) is 24.7 Å². The molecule has 0 unspecified atom stereocenters. The first-order chi connectivity index (χ1) is 14.4. The summed E-state index contributed by atoms with van der Waals surface area (Å²) in [6, 6.07) is 10.5. The molecule has 0 radical (unpaired) electrons. The Hall–Kier alpha value is -3.74. The third kappa shape index (κ3) is 4.46. The highest BCUT2D eigenvalue weighted by Gasteiger charge is 2.12. The van der Waals surface area contributed by atoms with Crippen molar-refractivity contribution >= 4 is 28.8 Å². The number of carbonyl (C=O) groups excluding carboxylic acids is 2. The molecule has 2 amide bonds. The molecule has 2 N–H and O–H groups in total. The van der Waals surface area contributed by atoms with E-state index in [0.29, 0.717) is 35.2 Å². The van der Waals surface area contributed by atoms with Crippen LogP contribution in [0.4, 0.5) is 0 Å². The maximum Gasteiger partial charge on any atom is 0.265 e. The fourth-order valence-corrected chi connectivity index (χ4v) is 3.09. The predicted octanol–water partition coefficient (Wildman–Crippen LogP) is 2.59. The van der Waals surface area contributed by atoms with Crippen LogP contribution in [0.5, 0.6) is 0 Å². The van der Waals surface area contributed by atoms with Crippen molar-refractivity contribution in [1.82, 2.24) is 20.2 Å². The van der Waals surface area contributed by atoms with Crippen LogP contribution in [0.2, 0.25) is 0 Å². The summed E-state index contributed by atoms with van der Waals surface area (Å²) in [6.45, 7) is 6.64. The summed E-state index contributed by atoms with van der Waals surface area (Å²) < 4.78 is 1.44. The van der Waals surface area contributed by atoms with Crippen LogP contribution in [-0.2, 0) is 4.79 Å². The maximum absolute atomic E-state index is 13.2. The van der Waals surface area contributed by atoms with E-state index in [-0.39, 0.29) is 17.4 Å². The van der Waals surface area contributed by atoms with E-state index < -0.39 is 0 Å². The van der Waals surface area contributed by atoms with Crippen molar-refractivity contribution in [3.8, 4) is 5.69 Å². The van der Waals surface area contributed by atoms with Gasteiger partial charge in [0.25, 0.3) is 11.5 Å². The number of aromatic nitrogens is 2. The molecule has 0 bridgehead atoms. The van der Waals surface area contributed by atoms with Crippen LogP contribution in [0.15, 0.2) is 53.6 Å². The van der Waals surface area contributed by atoms with Crippen molar-refractivity contribution in [2.45, 2.75) is 20.8 Å². The lowest BCUT2D eigenvalue weighted by Gasteiger charge is -2.12. The molecule has 154 valence electrons. The van der Waals surface area contributed by atoms with Crippen LogP contribution >= 0.6 is 0 Å². The number of nitrogens with one attached hydrogen (secondary N) is 2. The second-order valence-electron chi connectivity index (χ2n) is 6.78. The molecule has 7 nitrogen and oxygen atoms in total. The molecule has 1 aromatic heterocycles. The summed E-state index contributed by atoms with van der Waals surface area (Å²) in [5.41, 5.74) is 2.95. The number of likely N-dealkylation sites (N-methyl/N-ethyl adjacent to an activating group) is 1. The molecule has 30 heavy (non-hydrogen) atoms. The minimum Gasteiger partial charge on any atom is -0.353 e. The van der Waals surface area contributed by atoms with E-state index in [2.05, 4.69) is 15.6 Å². The van der Waals surface area contributed by atoms with E-state index >= 15 is 0 Å². The van der Waals surface area contributed by atoms with Crippen molar-refractivity contribution in [3.63, 3.8) is 0 Å². The lowest BCUT2D eigenvalue weighted by molar-refractivity contribution is -0.116. The highest BCUT2D eigenvalue weighted by Crippen LogP contribution is 2.17. The Morgan fingerprint density at radius 2 is 1.83 bits per heavy atom. The average molecular weight is 404 g/mol. The summed E-state index contributed by atoms with van der Waals surface area (Å²) in [5.74, 6) is -0.391. The summed E-state index contributed by atoms with van der Waals surface area (Å²) in [5, 5.41) is 5.88. The van der Waals surface area contributed by atoms with Crippen LogP contribution < -0.4 is 16.2 Å². The number of aryl methyl sites for hydroxylation is 1. The monoisotopic (exact) mass is 404 g/mol. The number of carbonyl (C=O) groups is 2. The van der Waals surface area contributed by atoms with Gasteiger partial charge in [0.1, 0.15) is 6.33 Å². The summed E-state index contributed by atoms with van der Waals surface area (Å²) in [6.07, 6.45) is 4.56. The third-order valence-corrected chi connectivity index (χ3v) is 4.63. The molecule has 0 atom stereocenters. The van der Waals surface area contributed by atoms with Crippen LogP contribution in [0.1, 0.15) is 35.3 Å². The van der Waals surface area contributed by atoms with Gasteiger partial charge in [-0.05, 0) is 62.2 Å². The van der Waals surface area contributed by atoms with Gasteiger partial charge in [-0.1, -0.05) is 12.1 Å². The van der Waals surface area contributed by atoms with Gasteiger partial charge >= 0.3 is 0 Å². The zero-order chi connectivity index (χ0) is 21.7. The molecule has 3 aromatic rings. The molecule has 0 aliphatic rings. The fraction of sp³-hybridized carbons (Fsp3) is 0.217. The van der Waals surface area contributed by atoms with E-state index in [9.17, 15) is 14.4 Å². The zero-order valence-corrected chi connectivity index (χ0v) is 17.2. The first kappa shape index (κ1) is 21.0. The zero-order valence-electron chi connectivity index (χ0n) is 17.2. The SMILES string of the molecule is CCNC(=O)C=Cc1ccc2ncn(-c3cc(C(=O)NCC)ccc3C)c(=O)c2c1. The molecule has 0 fully saturated rings. The van der Waals surface area contributed by atoms with E-state index in [1.165, 1.54) is 17.0 Å². The number of fused-ring (bicyclic) bond motifs is 1. The Morgan fingerprint density at radius 3 is 2.57 bits per heavy atom. The second kappa shape index (κ2) is 9.17. The molecule has 0 aliphatic carbocycles. The van der Waals surface area contributed by atoms with Crippen molar-refractivity contribution in [2.24, 2.45) is 0 Å². The Bertz CT molecular complexity index is 1190. The normalized spacial score (nSPS) is 11.0. The third-order valence-electron chi connectivity index (χ3n) is 4.63. The van der Waals surface area contributed by atoms with E-state index in [4.69, 9.17) is 0 Å². The van der Waals surface area contributed by atoms with Crippen molar-refractivity contribution in [3.05, 3.63) is 75.8 Å². The van der Waals surface area contributed by atoms with Gasteiger partial charge in [-0.15, -0.1) is 0 Å². The number of hydrogen-bond acceptors (Lipinski definition) is 4. The van der Waals surface area contributed by atoms with Crippen LogP contribution in [0.25, 0.3) is 22.7 Å². The first-order valence-electron chi connectivity index (χ1n) is 9.81. The minimum atomic E-state index is -0.246. The molecule has 0 saturated heterocycles. The number of benzene rings is 2.